The molecule has 1 fully saturated rings. The molecular formula is C26H28N4O2. The minimum Gasteiger partial charge on any atom is -0.338 e. The molecule has 0 saturated carbocycles. The zero-order valence-corrected chi connectivity index (χ0v) is 18.6. The van der Waals surface area contributed by atoms with Crippen molar-refractivity contribution in [2.45, 2.75) is 52.2 Å². The van der Waals surface area contributed by atoms with E-state index < -0.39 is 0 Å². The van der Waals surface area contributed by atoms with Gasteiger partial charge in [-0.1, -0.05) is 42.0 Å². The number of hydrogen-bond acceptors (Lipinski definition) is 3. The van der Waals surface area contributed by atoms with Crippen molar-refractivity contribution >= 4 is 27.8 Å². The highest BCUT2D eigenvalue weighted by Crippen LogP contribution is 2.27. The van der Waals surface area contributed by atoms with Crippen molar-refractivity contribution in [3.05, 3.63) is 76.3 Å². The lowest BCUT2D eigenvalue weighted by molar-refractivity contribution is -0.134. The molecular weight excluding hydrogens is 400 g/mol. The number of rotatable bonds is 4. The van der Waals surface area contributed by atoms with Crippen LogP contribution in [0.4, 0.5) is 0 Å². The van der Waals surface area contributed by atoms with Crippen LogP contribution in [0.2, 0.25) is 0 Å². The molecule has 0 N–H and O–H groups in total. The van der Waals surface area contributed by atoms with Gasteiger partial charge < -0.3 is 9.47 Å². The number of aryl methyl sites for hydroxylation is 1. The van der Waals surface area contributed by atoms with Gasteiger partial charge in [-0.15, -0.1) is 0 Å². The Hall–Kier alpha value is -3.41. The molecule has 164 valence electrons. The highest BCUT2D eigenvalue weighted by atomic mass is 16.2. The number of benzene rings is 2. The van der Waals surface area contributed by atoms with E-state index in [2.05, 4.69) is 18.0 Å². The van der Waals surface area contributed by atoms with Crippen LogP contribution in [0.3, 0.4) is 0 Å². The van der Waals surface area contributed by atoms with Crippen molar-refractivity contribution in [1.82, 2.24) is 19.0 Å². The molecule has 0 unspecified atom stereocenters. The Bertz CT molecular complexity index is 1350. The first-order valence-corrected chi connectivity index (χ1v) is 11.3. The van der Waals surface area contributed by atoms with Crippen LogP contribution in [0.15, 0.2) is 59.7 Å². The maximum atomic E-state index is 13.6. The number of hydrogen-bond donors (Lipinski definition) is 0. The van der Waals surface area contributed by atoms with Crippen molar-refractivity contribution in [3.63, 3.8) is 0 Å². The minimum atomic E-state index is -0.118. The zero-order valence-electron chi connectivity index (χ0n) is 18.6. The lowest BCUT2D eigenvalue weighted by atomic mass is 10.0. The van der Waals surface area contributed by atoms with E-state index in [1.807, 2.05) is 58.9 Å². The van der Waals surface area contributed by atoms with Crippen LogP contribution in [0.5, 0.6) is 0 Å². The standard InChI is InChI=1S/C26H28N4O2/c1-18-11-12-22-21(14-18)24-25(30(22)16-23(31)29-13-7-6-8-19(29)2)26(32)28(17-27-24)15-20-9-4-3-5-10-20/h3-5,9-12,14,17,19H,6-8,13,15-16H2,1-2H3/t19-/m1/s1. The monoisotopic (exact) mass is 428 g/mol. The number of likely N-dealkylation sites (tertiary alicyclic amines) is 1. The second-order valence-electron chi connectivity index (χ2n) is 8.90. The van der Waals surface area contributed by atoms with Crippen LogP contribution < -0.4 is 5.56 Å². The smallest absolute Gasteiger partial charge is 0.278 e. The largest absolute Gasteiger partial charge is 0.338 e. The van der Waals surface area contributed by atoms with Gasteiger partial charge in [-0.2, -0.15) is 0 Å². The molecule has 1 saturated heterocycles. The second kappa shape index (κ2) is 8.26. The average molecular weight is 429 g/mol. The van der Waals surface area contributed by atoms with Gasteiger partial charge in [-0.25, -0.2) is 4.98 Å². The van der Waals surface area contributed by atoms with Crippen LogP contribution >= 0.6 is 0 Å². The van der Waals surface area contributed by atoms with E-state index in [-0.39, 0.29) is 24.1 Å². The van der Waals surface area contributed by atoms with Gasteiger partial charge in [0.1, 0.15) is 17.6 Å². The summed E-state index contributed by atoms with van der Waals surface area (Å²) in [5.74, 6) is 0.0643. The molecule has 6 nitrogen and oxygen atoms in total. The molecule has 4 aromatic rings. The van der Waals surface area contributed by atoms with Crippen LogP contribution in [0, 0.1) is 6.92 Å². The zero-order chi connectivity index (χ0) is 22.2. The van der Waals surface area contributed by atoms with Gasteiger partial charge in [-0.3, -0.25) is 14.2 Å². The van der Waals surface area contributed by atoms with Crippen LogP contribution in [0.25, 0.3) is 21.9 Å². The number of fused-ring (bicyclic) bond motifs is 3. The van der Waals surface area contributed by atoms with E-state index in [4.69, 9.17) is 0 Å². The quantitative estimate of drug-likeness (QED) is 0.492. The van der Waals surface area contributed by atoms with E-state index in [1.54, 1.807) is 10.9 Å². The molecule has 1 aliphatic heterocycles. The van der Waals surface area contributed by atoms with Crippen molar-refractivity contribution in [2.24, 2.45) is 0 Å². The molecule has 3 heterocycles. The summed E-state index contributed by atoms with van der Waals surface area (Å²) in [6, 6.07) is 16.2. The lowest BCUT2D eigenvalue weighted by Gasteiger charge is -2.33. The Kier molecular flexibility index (Phi) is 5.29. The van der Waals surface area contributed by atoms with E-state index in [1.165, 1.54) is 0 Å². The molecule has 1 atom stereocenters. The molecule has 1 aliphatic rings. The number of aromatic nitrogens is 3. The van der Waals surface area contributed by atoms with Crippen molar-refractivity contribution < 1.29 is 4.79 Å². The number of nitrogens with zero attached hydrogens (tertiary/aromatic N) is 4. The lowest BCUT2D eigenvalue weighted by Crippen LogP contribution is -2.43. The Balaban J connectivity index is 1.64. The number of amides is 1. The summed E-state index contributed by atoms with van der Waals surface area (Å²) in [4.78, 5) is 33.5. The molecule has 0 bridgehead atoms. The van der Waals surface area contributed by atoms with E-state index in [0.29, 0.717) is 17.6 Å². The Morgan fingerprint density at radius 3 is 2.72 bits per heavy atom. The summed E-state index contributed by atoms with van der Waals surface area (Å²) in [5, 5.41) is 0.920. The molecule has 2 aromatic carbocycles. The first kappa shape index (κ1) is 20.5. The van der Waals surface area contributed by atoms with E-state index >= 15 is 0 Å². The third-order valence-corrected chi connectivity index (χ3v) is 6.59. The first-order chi connectivity index (χ1) is 15.5. The summed E-state index contributed by atoms with van der Waals surface area (Å²) in [6.45, 7) is 5.52. The summed E-state index contributed by atoms with van der Waals surface area (Å²) in [6.07, 6.45) is 4.85. The van der Waals surface area contributed by atoms with Gasteiger partial charge in [0.15, 0.2) is 0 Å². The third kappa shape index (κ3) is 3.60. The van der Waals surface area contributed by atoms with Crippen LogP contribution in [-0.4, -0.2) is 37.5 Å². The highest BCUT2D eigenvalue weighted by molar-refractivity contribution is 6.06. The summed E-state index contributed by atoms with van der Waals surface area (Å²) >= 11 is 0. The normalized spacial score (nSPS) is 16.7. The van der Waals surface area contributed by atoms with E-state index in [9.17, 15) is 9.59 Å². The van der Waals surface area contributed by atoms with E-state index in [0.717, 1.165) is 47.8 Å². The fraction of sp³-hybridized carbons (Fsp3) is 0.346. The fourth-order valence-corrected chi connectivity index (χ4v) is 4.87. The first-order valence-electron chi connectivity index (χ1n) is 11.3. The average Bonchev–Trinajstić information content (AvgIpc) is 3.10. The predicted molar refractivity (Wildman–Crippen MR) is 127 cm³/mol. The fourth-order valence-electron chi connectivity index (χ4n) is 4.87. The molecule has 2 aromatic heterocycles. The van der Waals surface area contributed by atoms with Gasteiger partial charge in [0.2, 0.25) is 5.91 Å². The molecule has 0 aliphatic carbocycles. The number of carbonyl (C=O) groups excluding carboxylic acids is 1. The van der Waals surface area contributed by atoms with Crippen LogP contribution in [-0.2, 0) is 17.9 Å². The number of carbonyl (C=O) groups is 1. The Morgan fingerprint density at radius 1 is 1.12 bits per heavy atom. The minimum absolute atomic E-state index is 0.0643. The molecule has 0 spiro atoms. The summed E-state index contributed by atoms with van der Waals surface area (Å²) in [5.41, 5.74) is 4.06. The Labute approximate surface area is 187 Å². The topological polar surface area (TPSA) is 60.1 Å². The van der Waals surface area contributed by atoms with Crippen molar-refractivity contribution in [2.75, 3.05) is 6.54 Å². The van der Waals surface area contributed by atoms with Crippen LogP contribution in [0.1, 0.15) is 37.3 Å². The third-order valence-electron chi connectivity index (χ3n) is 6.59. The van der Waals surface area contributed by atoms with Crippen molar-refractivity contribution in [1.29, 1.82) is 0 Å². The molecule has 6 heteroatoms. The predicted octanol–water partition coefficient (Wildman–Crippen LogP) is 4.11. The molecule has 0 radical (unpaired) electrons. The molecule has 5 rings (SSSR count). The maximum Gasteiger partial charge on any atom is 0.278 e. The van der Waals surface area contributed by atoms with Gasteiger partial charge in [-0.05, 0) is 50.8 Å². The number of piperidine rings is 1. The summed E-state index contributed by atoms with van der Waals surface area (Å²) in [7, 11) is 0. The molecule has 1 amide bonds. The highest BCUT2D eigenvalue weighted by Gasteiger charge is 2.25. The maximum absolute atomic E-state index is 13.6. The Morgan fingerprint density at radius 2 is 1.94 bits per heavy atom. The summed E-state index contributed by atoms with van der Waals surface area (Å²) < 4.78 is 3.51. The van der Waals surface area contributed by atoms with Crippen molar-refractivity contribution in [3.8, 4) is 0 Å². The second-order valence-corrected chi connectivity index (χ2v) is 8.90. The van der Waals surface area contributed by atoms with Gasteiger partial charge in [0, 0.05) is 18.0 Å². The molecule has 32 heavy (non-hydrogen) atoms. The van der Waals surface area contributed by atoms with Gasteiger partial charge in [0.05, 0.1) is 18.4 Å². The van der Waals surface area contributed by atoms with Gasteiger partial charge >= 0.3 is 0 Å². The van der Waals surface area contributed by atoms with Gasteiger partial charge in [0.25, 0.3) is 5.56 Å². The SMILES string of the molecule is Cc1ccc2c(c1)c1ncn(Cc3ccccc3)c(=O)c1n2CC(=O)N1CCCC[C@H]1C.